The molecule has 0 radical (unpaired) electrons. The van der Waals surface area contributed by atoms with Gasteiger partial charge in [0.25, 0.3) is 0 Å². The van der Waals surface area contributed by atoms with Crippen LogP contribution in [0.15, 0.2) is 24.3 Å². The largest absolute Gasteiger partial charge is 0.493 e. The maximum atomic E-state index is 10.9. The molecule has 0 fully saturated rings. The summed E-state index contributed by atoms with van der Waals surface area (Å²) in [6, 6.07) is 7.70. The fraction of sp³-hybridized carbons (Fsp3) is 0.462. The van der Waals surface area contributed by atoms with Crippen LogP contribution in [-0.2, 0) is 16.1 Å². The zero-order valence-electron chi connectivity index (χ0n) is 10.3. The van der Waals surface area contributed by atoms with Gasteiger partial charge < -0.3 is 9.57 Å². The summed E-state index contributed by atoms with van der Waals surface area (Å²) in [7, 11) is 0. The van der Waals surface area contributed by atoms with E-state index in [4.69, 9.17) is 10.6 Å². The Kier molecular flexibility index (Phi) is 5.49. The first kappa shape index (κ1) is 13.5. The van der Waals surface area contributed by atoms with Gasteiger partial charge in [0.1, 0.15) is 5.75 Å². The van der Waals surface area contributed by atoms with Gasteiger partial charge in [-0.05, 0) is 30.0 Å². The number of benzene rings is 1. The highest BCUT2D eigenvalue weighted by Gasteiger charge is 2.02. The molecule has 0 heterocycles. The molecule has 4 heteroatoms. The Bertz CT molecular complexity index is 346. The van der Waals surface area contributed by atoms with Crippen molar-refractivity contribution in [1.82, 2.24) is 0 Å². The van der Waals surface area contributed by atoms with Crippen LogP contribution in [0.1, 0.15) is 25.8 Å². The number of hydrogen-bond acceptors (Lipinski definition) is 4. The van der Waals surface area contributed by atoms with E-state index in [2.05, 4.69) is 18.7 Å². The van der Waals surface area contributed by atoms with Gasteiger partial charge in [0, 0.05) is 0 Å². The number of hydrogen-bond donors (Lipinski definition) is 1. The number of ether oxygens (including phenoxy) is 1. The standard InChI is InChI=1S/C13H19NO3/c1-10(2)9-16-12-6-3-11(4-7-12)5-8-13(15)17-14/h3-4,6-7,10H,5,8-9,14H2,1-2H3. The van der Waals surface area contributed by atoms with Crippen LogP contribution in [0.4, 0.5) is 0 Å². The number of carbonyl (C=O) groups is 1. The molecular formula is C13H19NO3. The van der Waals surface area contributed by atoms with E-state index >= 15 is 0 Å². The first-order valence-corrected chi connectivity index (χ1v) is 5.73. The lowest BCUT2D eigenvalue weighted by Crippen LogP contribution is -2.10. The Morgan fingerprint density at radius 3 is 2.47 bits per heavy atom. The molecule has 94 valence electrons. The summed E-state index contributed by atoms with van der Waals surface area (Å²) in [6.07, 6.45) is 0.920. The van der Waals surface area contributed by atoms with E-state index in [0.717, 1.165) is 11.3 Å². The molecule has 0 amide bonds. The third-order valence-electron chi connectivity index (χ3n) is 2.26. The van der Waals surface area contributed by atoms with Crippen molar-refractivity contribution in [3.8, 4) is 5.75 Å². The van der Waals surface area contributed by atoms with Gasteiger partial charge >= 0.3 is 5.97 Å². The molecule has 0 bridgehead atoms. The number of rotatable bonds is 6. The van der Waals surface area contributed by atoms with Crippen LogP contribution >= 0.6 is 0 Å². The number of nitrogens with two attached hydrogens (primary N) is 1. The molecule has 0 spiro atoms. The molecule has 1 aromatic carbocycles. The molecule has 2 N–H and O–H groups in total. The Balaban J connectivity index is 2.42. The Morgan fingerprint density at radius 1 is 1.29 bits per heavy atom. The molecule has 0 atom stereocenters. The second-order valence-corrected chi connectivity index (χ2v) is 4.34. The minimum absolute atomic E-state index is 0.294. The zero-order valence-corrected chi connectivity index (χ0v) is 10.3. The van der Waals surface area contributed by atoms with Crippen molar-refractivity contribution in [2.45, 2.75) is 26.7 Å². The summed E-state index contributed by atoms with van der Waals surface area (Å²) >= 11 is 0. The van der Waals surface area contributed by atoms with Crippen LogP contribution in [-0.4, -0.2) is 12.6 Å². The van der Waals surface area contributed by atoms with Crippen LogP contribution in [0.2, 0.25) is 0 Å². The van der Waals surface area contributed by atoms with Gasteiger partial charge in [-0.2, -0.15) is 5.90 Å². The maximum absolute atomic E-state index is 10.9. The topological polar surface area (TPSA) is 61.5 Å². The van der Waals surface area contributed by atoms with E-state index in [9.17, 15) is 4.79 Å². The van der Waals surface area contributed by atoms with Crippen LogP contribution in [0, 0.1) is 5.92 Å². The van der Waals surface area contributed by atoms with Gasteiger partial charge in [0.15, 0.2) is 0 Å². The van der Waals surface area contributed by atoms with E-state index in [0.29, 0.717) is 25.4 Å². The van der Waals surface area contributed by atoms with Crippen LogP contribution in [0.3, 0.4) is 0 Å². The molecule has 1 aromatic rings. The highest BCUT2D eigenvalue weighted by Crippen LogP contribution is 2.14. The zero-order chi connectivity index (χ0) is 12.7. The Hall–Kier alpha value is -1.55. The molecule has 4 nitrogen and oxygen atoms in total. The molecular weight excluding hydrogens is 218 g/mol. The highest BCUT2D eigenvalue weighted by molar-refractivity contribution is 5.69. The fourth-order valence-electron chi connectivity index (χ4n) is 1.32. The monoisotopic (exact) mass is 237 g/mol. The van der Waals surface area contributed by atoms with Gasteiger partial charge in [-0.25, -0.2) is 0 Å². The normalized spacial score (nSPS) is 10.4. The van der Waals surface area contributed by atoms with Crippen molar-refractivity contribution in [2.75, 3.05) is 6.61 Å². The number of carbonyl (C=O) groups excluding carboxylic acids is 1. The average Bonchev–Trinajstić information content (AvgIpc) is 2.34. The van der Waals surface area contributed by atoms with Crippen LogP contribution in [0.5, 0.6) is 5.75 Å². The van der Waals surface area contributed by atoms with Crippen molar-refractivity contribution >= 4 is 5.97 Å². The average molecular weight is 237 g/mol. The second kappa shape index (κ2) is 6.91. The van der Waals surface area contributed by atoms with Crippen molar-refractivity contribution in [1.29, 1.82) is 0 Å². The molecule has 0 aliphatic carbocycles. The summed E-state index contributed by atoms with van der Waals surface area (Å²) < 4.78 is 5.56. The van der Waals surface area contributed by atoms with E-state index in [-0.39, 0.29) is 0 Å². The molecule has 0 aliphatic rings. The van der Waals surface area contributed by atoms with Crippen molar-refractivity contribution < 1.29 is 14.4 Å². The third-order valence-corrected chi connectivity index (χ3v) is 2.26. The molecule has 0 unspecified atom stereocenters. The van der Waals surface area contributed by atoms with Crippen LogP contribution < -0.4 is 10.6 Å². The van der Waals surface area contributed by atoms with Gasteiger partial charge in [-0.3, -0.25) is 4.79 Å². The molecule has 1 rings (SSSR count). The SMILES string of the molecule is CC(C)COc1ccc(CCC(=O)ON)cc1. The van der Waals surface area contributed by atoms with Gasteiger partial charge in [-0.15, -0.1) is 0 Å². The quantitative estimate of drug-likeness (QED) is 0.769. The van der Waals surface area contributed by atoms with E-state index < -0.39 is 5.97 Å². The van der Waals surface area contributed by atoms with Crippen molar-refractivity contribution in [2.24, 2.45) is 11.8 Å². The maximum Gasteiger partial charge on any atom is 0.324 e. The Labute approximate surface area is 102 Å². The lowest BCUT2D eigenvalue weighted by molar-refractivity contribution is -0.144. The van der Waals surface area contributed by atoms with E-state index in [1.807, 2.05) is 24.3 Å². The fourth-order valence-corrected chi connectivity index (χ4v) is 1.32. The summed E-state index contributed by atoms with van der Waals surface area (Å²) in [4.78, 5) is 15.0. The summed E-state index contributed by atoms with van der Waals surface area (Å²) in [5.74, 6) is 5.72. The van der Waals surface area contributed by atoms with Crippen LogP contribution in [0.25, 0.3) is 0 Å². The lowest BCUT2D eigenvalue weighted by Gasteiger charge is -2.09. The second-order valence-electron chi connectivity index (χ2n) is 4.34. The first-order valence-electron chi connectivity index (χ1n) is 5.73. The van der Waals surface area contributed by atoms with Crippen molar-refractivity contribution in [3.05, 3.63) is 29.8 Å². The molecule has 0 saturated carbocycles. The van der Waals surface area contributed by atoms with Gasteiger partial charge in [0.05, 0.1) is 13.0 Å². The van der Waals surface area contributed by atoms with Gasteiger partial charge in [0.2, 0.25) is 0 Å². The molecule has 17 heavy (non-hydrogen) atoms. The van der Waals surface area contributed by atoms with Crippen molar-refractivity contribution in [3.63, 3.8) is 0 Å². The highest BCUT2D eigenvalue weighted by atomic mass is 16.7. The predicted molar refractivity (Wildman–Crippen MR) is 65.4 cm³/mol. The predicted octanol–water partition coefficient (Wildman–Crippen LogP) is 2.07. The lowest BCUT2D eigenvalue weighted by atomic mass is 10.1. The third kappa shape index (κ3) is 5.36. The molecule has 0 aromatic heterocycles. The first-order chi connectivity index (χ1) is 8.11. The van der Waals surface area contributed by atoms with Gasteiger partial charge in [-0.1, -0.05) is 26.0 Å². The van der Waals surface area contributed by atoms with E-state index in [1.54, 1.807) is 0 Å². The summed E-state index contributed by atoms with van der Waals surface area (Å²) in [6.45, 7) is 4.92. The van der Waals surface area contributed by atoms with E-state index in [1.165, 1.54) is 0 Å². The smallest absolute Gasteiger partial charge is 0.324 e. The minimum atomic E-state index is -0.398. The Morgan fingerprint density at radius 2 is 1.94 bits per heavy atom. The minimum Gasteiger partial charge on any atom is -0.493 e. The molecule has 0 saturated heterocycles. The summed E-state index contributed by atoms with van der Waals surface area (Å²) in [5, 5.41) is 0. The summed E-state index contributed by atoms with van der Waals surface area (Å²) in [5.41, 5.74) is 1.06. The molecule has 0 aliphatic heterocycles. The number of aryl methyl sites for hydroxylation is 1.